The lowest BCUT2D eigenvalue weighted by atomic mass is 9.95. The fourth-order valence-corrected chi connectivity index (χ4v) is 7.30. The molecule has 0 atom stereocenters. The molecule has 3 aromatic carbocycles. The second-order valence-electron chi connectivity index (χ2n) is 11.2. The molecule has 0 bridgehead atoms. The van der Waals surface area contributed by atoms with Crippen LogP contribution in [0.2, 0.25) is 0 Å². The van der Waals surface area contributed by atoms with Crippen molar-refractivity contribution in [2.75, 3.05) is 46.4 Å². The maximum Gasteiger partial charge on any atom is 0.195 e. The van der Waals surface area contributed by atoms with Gasteiger partial charge in [0, 0.05) is 39.2 Å². The number of ether oxygens (including phenoxy) is 2. The number of phenolic OH excluding ortho intramolecular Hbond substituents is 1. The Hall–Kier alpha value is -3.39. The smallest absolute Gasteiger partial charge is 0.195 e. The zero-order chi connectivity index (χ0) is 28.3. The zero-order valence-corrected chi connectivity index (χ0v) is 24.8. The van der Waals surface area contributed by atoms with Crippen LogP contribution in [0, 0.1) is 6.92 Å². The number of nitrogens with zero attached hydrogens (tertiary/aromatic N) is 2. The molecule has 0 radical (unpaired) electrons. The normalized spacial score (nSPS) is 16.0. The molecule has 1 aromatic heterocycles. The van der Waals surface area contributed by atoms with Crippen LogP contribution in [0.25, 0.3) is 20.5 Å². The topological polar surface area (TPSA) is 62.2 Å². The number of methoxy groups -OCH3 is 1. The second kappa shape index (κ2) is 12.2. The molecule has 6 nitrogen and oxygen atoms in total. The van der Waals surface area contributed by atoms with Gasteiger partial charge in [-0.3, -0.25) is 14.6 Å². The number of aromatic hydroxyl groups is 1. The summed E-state index contributed by atoms with van der Waals surface area (Å²) in [7, 11) is 1.65. The van der Waals surface area contributed by atoms with Gasteiger partial charge in [0.2, 0.25) is 0 Å². The van der Waals surface area contributed by atoms with Crippen molar-refractivity contribution in [1.82, 2.24) is 9.80 Å². The van der Waals surface area contributed by atoms with Crippen molar-refractivity contribution < 1.29 is 19.4 Å². The molecular weight excluding hydrogens is 532 g/mol. The summed E-state index contributed by atoms with van der Waals surface area (Å²) in [6.07, 6.45) is 5.04. The van der Waals surface area contributed by atoms with Gasteiger partial charge in [0.25, 0.3) is 0 Å². The predicted molar refractivity (Wildman–Crippen MR) is 166 cm³/mol. The molecule has 6 rings (SSSR count). The van der Waals surface area contributed by atoms with Crippen LogP contribution in [0.1, 0.15) is 52.7 Å². The van der Waals surface area contributed by atoms with Crippen LogP contribution in [-0.4, -0.2) is 67.1 Å². The van der Waals surface area contributed by atoms with Gasteiger partial charge in [-0.2, -0.15) is 0 Å². The van der Waals surface area contributed by atoms with Gasteiger partial charge in [-0.05, 0) is 118 Å². The number of phenols is 1. The largest absolute Gasteiger partial charge is 0.508 e. The molecule has 0 saturated carbocycles. The maximum absolute atomic E-state index is 14.2. The number of carbonyl (C=O) groups is 1. The van der Waals surface area contributed by atoms with Crippen molar-refractivity contribution in [3.63, 3.8) is 0 Å². The van der Waals surface area contributed by atoms with Gasteiger partial charge >= 0.3 is 0 Å². The average Bonchev–Trinajstić information content (AvgIpc) is 3.75. The molecule has 1 N–H and O–H groups in total. The minimum absolute atomic E-state index is 0.0160. The minimum Gasteiger partial charge on any atom is -0.508 e. The molecule has 41 heavy (non-hydrogen) atoms. The number of rotatable bonds is 10. The average molecular weight is 571 g/mol. The first-order valence-electron chi connectivity index (χ1n) is 14.7. The van der Waals surface area contributed by atoms with E-state index in [0.29, 0.717) is 29.2 Å². The Bertz CT molecular complexity index is 1550. The molecule has 0 aliphatic carbocycles. The van der Waals surface area contributed by atoms with Gasteiger partial charge in [-0.25, -0.2) is 0 Å². The number of aryl methyl sites for hydroxylation is 1. The third-order valence-corrected chi connectivity index (χ3v) is 9.59. The Morgan fingerprint density at radius 1 is 0.902 bits per heavy atom. The van der Waals surface area contributed by atoms with E-state index in [1.165, 1.54) is 42.6 Å². The lowest BCUT2D eigenvalue weighted by Crippen LogP contribution is -2.25. The minimum atomic E-state index is -0.0160. The van der Waals surface area contributed by atoms with Gasteiger partial charge < -0.3 is 14.6 Å². The van der Waals surface area contributed by atoms with E-state index in [2.05, 4.69) is 22.8 Å². The lowest BCUT2D eigenvalue weighted by Gasteiger charge is -2.17. The Morgan fingerprint density at radius 3 is 2.39 bits per heavy atom. The summed E-state index contributed by atoms with van der Waals surface area (Å²) in [5.41, 5.74) is 4.63. The van der Waals surface area contributed by atoms with Gasteiger partial charge in [0.15, 0.2) is 17.3 Å². The Kier molecular flexibility index (Phi) is 8.28. The summed E-state index contributed by atoms with van der Waals surface area (Å²) in [5, 5.41) is 11.0. The van der Waals surface area contributed by atoms with E-state index in [-0.39, 0.29) is 11.5 Å². The summed E-state index contributed by atoms with van der Waals surface area (Å²) in [5.74, 6) is 1.51. The van der Waals surface area contributed by atoms with Gasteiger partial charge in [0.1, 0.15) is 12.4 Å². The van der Waals surface area contributed by atoms with Crippen LogP contribution in [0.15, 0.2) is 54.6 Å². The molecule has 2 aliphatic rings. The predicted octanol–water partition coefficient (Wildman–Crippen LogP) is 6.89. The van der Waals surface area contributed by atoms with Crippen LogP contribution in [-0.2, 0) is 6.54 Å². The Morgan fingerprint density at radius 2 is 1.66 bits per heavy atom. The first-order valence-corrected chi connectivity index (χ1v) is 15.5. The summed E-state index contributed by atoms with van der Waals surface area (Å²) in [6.45, 7) is 9.09. The van der Waals surface area contributed by atoms with Crippen LogP contribution >= 0.6 is 11.3 Å². The van der Waals surface area contributed by atoms with E-state index in [1.54, 1.807) is 19.2 Å². The standard InChI is InChI=1S/C34H38N2O4S/c1-23-19-24(7-8-26(23)22-36-15-5-6-16-36)33(38)32-28-11-10-27(37)21-31(28)41-34(32)25-9-12-29(30(20-25)39-2)40-18-17-35-13-3-4-14-35/h7-12,19-21,37H,3-6,13-18,22H2,1-2H3. The van der Waals surface area contributed by atoms with E-state index in [1.807, 2.05) is 36.4 Å². The first kappa shape index (κ1) is 27.8. The van der Waals surface area contributed by atoms with Crippen LogP contribution < -0.4 is 9.47 Å². The fourth-order valence-electron chi connectivity index (χ4n) is 6.07. The van der Waals surface area contributed by atoms with Crippen molar-refractivity contribution in [2.24, 2.45) is 0 Å². The van der Waals surface area contributed by atoms with Crippen molar-refractivity contribution in [3.05, 3.63) is 76.9 Å². The highest BCUT2D eigenvalue weighted by Gasteiger charge is 2.24. The van der Waals surface area contributed by atoms with Crippen LogP contribution in [0.3, 0.4) is 0 Å². The van der Waals surface area contributed by atoms with Crippen molar-refractivity contribution in [3.8, 4) is 27.7 Å². The summed E-state index contributed by atoms with van der Waals surface area (Å²) in [4.78, 5) is 19.9. The molecule has 7 heteroatoms. The number of hydrogen-bond donors (Lipinski definition) is 1. The molecular formula is C34H38N2O4S. The zero-order valence-electron chi connectivity index (χ0n) is 23.9. The summed E-state index contributed by atoms with van der Waals surface area (Å²) >= 11 is 1.51. The van der Waals surface area contributed by atoms with E-state index in [9.17, 15) is 9.90 Å². The number of fused-ring (bicyclic) bond motifs is 1. The molecule has 2 saturated heterocycles. The highest BCUT2D eigenvalue weighted by molar-refractivity contribution is 7.22. The van der Waals surface area contributed by atoms with Crippen LogP contribution in [0.4, 0.5) is 0 Å². The molecule has 0 spiro atoms. The number of likely N-dealkylation sites (tertiary alicyclic amines) is 2. The third kappa shape index (κ3) is 5.98. The molecule has 4 aromatic rings. The highest BCUT2D eigenvalue weighted by atomic mass is 32.1. The Labute approximate surface area is 246 Å². The highest BCUT2D eigenvalue weighted by Crippen LogP contribution is 2.43. The number of benzene rings is 3. The van der Waals surface area contributed by atoms with E-state index in [0.717, 1.165) is 65.4 Å². The monoisotopic (exact) mass is 570 g/mol. The summed E-state index contributed by atoms with van der Waals surface area (Å²) in [6, 6.07) is 17.2. The van der Waals surface area contributed by atoms with Gasteiger partial charge in [-0.15, -0.1) is 11.3 Å². The van der Waals surface area contributed by atoms with E-state index < -0.39 is 0 Å². The lowest BCUT2D eigenvalue weighted by molar-refractivity contribution is 0.104. The number of carbonyl (C=O) groups excluding carboxylic acids is 1. The van der Waals surface area contributed by atoms with Crippen molar-refractivity contribution >= 4 is 27.2 Å². The molecule has 2 aliphatic heterocycles. The van der Waals surface area contributed by atoms with Crippen molar-refractivity contribution in [1.29, 1.82) is 0 Å². The molecule has 2 fully saturated rings. The number of ketones is 1. The number of hydrogen-bond acceptors (Lipinski definition) is 7. The van der Waals surface area contributed by atoms with E-state index in [4.69, 9.17) is 9.47 Å². The maximum atomic E-state index is 14.2. The van der Waals surface area contributed by atoms with Gasteiger partial charge in [0.05, 0.1) is 7.11 Å². The summed E-state index contributed by atoms with van der Waals surface area (Å²) < 4.78 is 12.7. The Balaban J connectivity index is 1.32. The quantitative estimate of drug-likeness (QED) is 0.210. The molecule has 214 valence electrons. The first-order chi connectivity index (χ1) is 20.0. The van der Waals surface area contributed by atoms with Gasteiger partial charge in [-0.1, -0.05) is 12.1 Å². The van der Waals surface area contributed by atoms with Crippen LogP contribution in [0.5, 0.6) is 17.2 Å². The van der Waals surface area contributed by atoms with Crippen molar-refractivity contribution in [2.45, 2.75) is 39.2 Å². The number of thiophene rings is 1. The molecule has 0 unspecified atom stereocenters. The molecule has 0 amide bonds. The second-order valence-corrected chi connectivity index (χ2v) is 12.3. The SMILES string of the molecule is COc1cc(-c2sc3cc(O)ccc3c2C(=O)c2ccc(CN3CCCC3)c(C)c2)ccc1OCCN1CCCC1. The fraction of sp³-hybridized carbons (Fsp3) is 0.382. The molecule has 3 heterocycles. The van der Waals surface area contributed by atoms with E-state index >= 15 is 0 Å². The third-order valence-electron chi connectivity index (χ3n) is 8.39.